The van der Waals surface area contributed by atoms with E-state index in [-0.39, 0.29) is 0 Å². The lowest BCUT2D eigenvalue weighted by Crippen LogP contribution is -2.00. The minimum Gasteiger partial charge on any atom is -0.484 e. The Morgan fingerprint density at radius 2 is 1.95 bits per heavy atom. The number of hydrogen-bond acceptors (Lipinski definition) is 2. The monoisotopic (exact) mass is 336 g/mol. The zero-order valence-electron chi connectivity index (χ0n) is 12.1. The molecule has 0 amide bonds. The second kappa shape index (κ2) is 7.48. The van der Waals surface area contributed by atoms with E-state index in [1.807, 2.05) is 22.9 Å². The molecule has 20 heavy (non-hydrogen) atoms. The quantitative estimate of drug-likeness (QED) is 0.739. The van der Waals surface area contributed by atoms with Crippen molar-refractivity contribution in [2.24, 2.45) is 0 Å². The molecule has 0 saturated heterocycles. The van der Waals surface area contributed by atoms with Crippen LogP contribution < -0.4 is 4.74 Å². The molecule has 0 aliphatic rings. The first-order chi connectivity index (χ1) is 9.76. The predicted molar refractivity (Wildman–Crippen MR) is 85.0 cm³/mol. The highest BCUT2D eigenvalue weighted by Gasteiger charge is 2.16. The molecular formula is C16H21BrN2O. The van der Waals surface area contributed by atoms with Crippen LogP contribution in [0.1, 0.15) is 37.9 Å². The lowest BCUT2D eigenvalue weighted by atomic mass is 10.2. The molecule has 0 fully saturated rings. The number of aromatic nitrogens is 2. The molecule has 0 unspecified atom stereocenters. The molecule has 1 aromatic carbocycles. The van der Waals surface area contributed by atoms with Gasteiger partial charge in [0.25, 0.3) is 0 Å². The van der Waals surface area contributed by atoms with Crippen LogP contribution in [-0.4, -0.2) is 9.78 Å². The number of unbranched alkanes of at least 4 members (excludes halogenated alkanes) is 1. The summed E-state index contributed by atoms with van der Waals surface area (Å²) in [6, 6.07) is 10.2. The highest BCUT2D eigenvalue weighted by atomic mass is 79.9. The maximum atomic E-state index is 5.98. The highest BCUT2D eigenvalue weighted by molar-refractivity contribution is 9.10. The standard InChI is InChI=1S/C16H21BrN2O/c1-3-5-11-19-16(17)15(14(4-2)18-19)20-12-13-9-7-6-8-10-13/h6-10H,3-5,11-12H2,1-2H3. The Balaban J connectivity index is 2.11. The molecule has 0 spiro atoms. The van der Waals surface area contributed by atoms with Crippen LogP contribution in [0, 0.1) is 0 Å². The second-order valence-electron chi connectivity index (χ2n) is 4.77. The van der Waals surface area contributed by atoms with E-state index in [0.29, 0.717) is 6.61 Å². The molecule has 0 aliphatic heterocycles. The molecule has 0 aliphatic carbocycles. The third kappa shape index (κ3) is 3.63. The molecule has 0 N–H and O–H groups in total. The van der Waals surface area contributed by atoms with E-state index in [4.69, 9.17) is 4.74 Å². The first kappa shape index (κ1) is 15.1. The summed E-state index contributed by atoms with van der Waals surface area (Å²) in [5, 5.41) is 4.62. The fourth-order valence-electron chi connectivity index (χ4n) is 2.03. The third-order valence-corrected chi connectivity index (χ3v) is 3.97. The molecule has 108 valence electrons. The van der Waals surface area contributed by atoms with E-state index in [1.54, 1.807) is 0 Å². The second-order valence-corrected chi connectivity index (χ2v) is 5.52. The van der Waals surface area contributed by atoms with Gasteiger partial charge >= 0.3 is 0 Å². The Morgan fingerprint density at radius 1 is 1.20 bits per heavy atom. The van der Waals surface area contributed by atoms with Crippen LogP contribution in [0.4, 0.5) is 0 Å². The fourth-order valence-corrected chi connectivity index (χ4v) is 2.63. The van der Waals surface area contributed by atoms with E-state index in [0.717, 1.165) is 41.9 Å². The number of rotatable bonds is 7. The van der Waals surface area contributed by atoms with Crippen molar-refractivity contribution >= 4 is 15.9 Å². The van der Waals surface area contributed by atoms with E-state index in [1.165, 1.54) is 5.56 Å². The molecule has 0 saturated carbocycles. The first-order valence-electron chi connectivity index (χ1n) is 7.18. The lowest BCUT2D eigenvalue weighted by molar-refractivity contribution is 0.300. The van der Waals surface area contributed by atoms with Gasteiger partial charge in [-0.05, 0) is 34.3 Å². The summed E-state index contributed by atoms with van der Waals surface area (Å²) in [6.45, 7) is 5.80. The Hall–Kier alpha value is -1.29. The average molecular weight is 337 g/mol. The summed E-state index contributed by atoms with van der Waals surface area (Å²) in [7, 11) is 0. The molecule has 0 radical (unpaired) electrons. The van der Waals surface area contributed by atoms with Crippen molar-refractivity contribution in [3.05, 3.63) is 46.2 Å². The summed E-state index contributed by atoms with van der Waals surface area (Å²) in [6.07, 6.45) is 3.16. The van der Waals surface area contributed by atoms with Crippen molar-refractivity contribution in [3.8, 4) is 5.75 Å². The Labute approximate surface area is 129 Å². The van der Waals surface area contributed by atoms with E-state index < -0.39 is 0 Å². The number of ether oxygens (including phenoxy) is 1. The summed E-state index contributed by atoms with van der Waals surface area (Å²) < 4.78 is 8.94. The SMILES string of the molecule is CCCCn1nc(CC)c(OCc2ccccc2)c1Br. The summed E-state index contributed by atoms with van der Waals surface area (Å²) in [4.78, 5) is 0. The number of hydrogen-bond donors (Lipinski definition) is 0. The normalized spacial score (nSPS) is 10.8. The van der Waals surface area contributed by atoms with Gasteiger partial charge in [-0.2, -0.15) is 5.10 Å². The van der Waals surface area contributed by atoms with Gasteiger partial charge in [-0.3, -0.25) is 4.68 Å². The molecule has 1 aromatic heterocycles. The molecule has 0 atom stereocenters. The van der Waals surface area contributed by atoms with Gasteiger partial charge in [-0.15, -0.1) is 0 Å². The summed E-state index contributed by atoms with van der Waals surface area (Å²) in [5.74, 6) is 0.882. The smallest absolute Gasteiger partial charge is 0.175 e. The van der Waals surface area contributed by atoms with Gasteiger partial charge in [0.15, 0.2) is 5.75 Å². The van der Waals surface area contributed by atoms with Gasteiger partial charge in [-0.1, -0.05) is 50.6 Å². The maximum Gasteiger partial charge on any atom is 0.175 e. The van der Waals surface area contributed by atoms with Gasteiger partial charge in [0, 0.05) is 6.54 Å². The minimum atomic E-state index is 0.575. The summed E-state index contributed by atoms with van der Waals surface area (Å²) >= 11 is 3.62. The number of nitrogens with zero attached hydrogens (tertiary/aromatic N) is 2. The Bertz CT molecular complexity index is 537. The van der Waals surface area contributed by atoms with Crippen molar-refractivity contribution in [2.75, 3.05) is 0 Å². The Morgan fingerprint density at radius 3 is 2.60 bits per heavy atom. The zero-order chi connectivity index (χ0) is 14.4. The third-order valence-electron chi connectivity index (χ3n) is 3.20. The number of benzene rings is 1. The van der Waals surface area contributed by atoms with Crippen LogP contribution >= 0.6 is 15.9 Å². The minimum absolute atomic E-state index is 0.575. The fraction of sp³-hybridized carbons (Fsp3) is 0.438. The van der Waals surface area contributed by atoms with Crippen molar-refractivity contribution in [1.82, 2.24) is 9.78 Å². The molecule has 3 nitrogen and oxygen atoms in total. The molecule has 4 heteroatoms. The lowest BCUT2D eigenvalue weighted by Gasteiger charge is -2.07. The Kier molecular flexibility index (Phi) is 5.65. The van der Waals surface area contributed by atoms with Crippen molar-refractivity contribution in [1.29, 1.82) is 0 Å². The molecular weight excluding hydrogens is 316 g/mol. The van der Waals surface area contributed by atoms with Crippen LogP contribution in [0.5, 0.6) is 5.75 Å². The first-order valence-corrected chi connectivity index (χ1v) is 7.97. The largest absolute Gasteiger partial charge is 0.484 e. The van der Waals surface area contributed by atoms with Crippen LogP contribution in [0.25, 0.3) is 0 Å². The molecule has 1 heterocycles. The van der Waals surface area contributed by atoms with E-state index in [2.05, 4.69) is 47.0 Å². The van der Waals surface area contributed by atoms with Crippen LogP contribution in [-0.2, 0) is 19.6 Å². The predicted octanol–water partition coefficient (Wildman–Crippen LogP) is 4.59. The highest BCUT2D eigenvalue weighted by Crippen LogP contribution is 2.30. The van der Waals surface area contributed by atoms with Crippen LogP contribution in [0.2, 0.25) is 0 Å². The van der Waals surface area contributed by atoms with Crippen molar-refractivity contribution < 1.29 is 4.74 Å². The summed E-state index contributed by atoms with van der Waals surface area (Å²) in [5.41, 5.74) is 2.19. The molecule has 2 aromatic rings. The van der Waals surface area contributed by atoms with Gasteiger partial charge in [0.2, 0.25) is 0 Å². The average Bonchev–Trinajstić information content (AvgIpc) is 2.80. The van der Waals surface area contributed by atoms with Crippen LogP contribution in [0.15, 0.2) is 34.9 Å². The van der Waals surface area contributed by atoms with Gasteiger partial charge in [0.05, 0.1) is 0 Å². The van der Waals surface area contributed by atoms with Crippen molar-refractivity contribution in [2.45, 2.75) is 46.3 Å². The van der Waals surface area contributed by atoms with Gasteiger partial charge in [0.1, 0.15) is 16.9 Å². The topological polar surface area (TPSA) is 27.1 Å². The van der Waals surface area contributed by atoms with Crippen LogP contribution in [0.3, 0.4) is 0 Å². The van der Waals surface area contributed by atoms with Gasteiger partial charge < -0.3 is 4.74 Å². The van der Waals surface area contributed by atoms with E-state index >= 15 is 0 Å². The van der Waals surface area contributed by atoms with E-state index in [9.17, 15) is 0 Å². The maximum absolute atomic E-state index is 5.98. The molecule has 2 rings (SSSR count). The van der Waals surface area contributed by atoms with Crippen molar-refractivity contribution in [3.63, 3.8) is 0 Å². The zero-order valence-corrected chi connectivity index (χ0v) is 13.7. The van der Waals surface area contributed by atoms with Gasteiger partial charge in [-0.25, -0.2) is 0 Å². The molecule has 0 bridgehead atoms. The number of aryl methyl sites for hydroxylation is 2. The number of halogens is 1.